The summed E-state index contributed by atoms with van der Waals surface area (Å²) in [4.78, 5) is 15.0. The van der Waals surface area contributed by atoms with Crippen molar-refractivity contribution in [3.05, 3.63) is 66.1 Å². The highest BCUT2D eigenvalue weighted by Gasteiger charge is 2.28. The third-order valence-electron chi connectivity index (χ3n) is 6.58. The fraction of sp³-hybridized carbons (Fsp3) is 0.320. The number of carbonyl (C=O) groups excluding carboxylic acids is 1. The highest BCUT2D eigenvalue weighted by atomic mass is 19.1. The second-order valence-electron chi connectivity index (χ2n) is 8.72. The molecule has 0 spiro atoms. The van der Waals surface area contributed by atoms with Gasteiger partial charge < -0.3 is 19.7 Å². The average molecular weight is 496 g/mol. The van der Waals surface area contributed by atoms with Gasteiger partial charge in [0.05, 0.1) is 24.3 Å². The van der Waals surface area contributed by atoms with E-state index in [1.165, 1.54) is 17.0 Å². The number of rotatable bonds is 5. The van der Waals surface area contributed by atoms with Gasteiger partial charge in [-0.05, 0) is 18.2 Å². The van der Waals surface area contributed by atoms with E-state index in [1.54, 1.807) is 10.9 Å². The Kier molecular flexibility index (Phi) is 7.79. The van der Waals surface area contributed by atoms with Crippen molar-refractivity contribution in [3.63, 3.8) is 0 Å². The lowest BCUT2D eigenvalue weighted by molar-refractivity contribution is -0.920. The summed E-state index contributed by atoms with van der Waals surface area (Å²) in [5.41, 5.74) is 2.19. The molecule has 0 bridgehead atoms. The van der Waals surface area contributed by atoms with Crippen LogP contribution in [0.1, 0.15) is 18.4 Å². The Morgan fingerprint density at radius 3 is 2.42 bits per heavy atom. The van der Waals surface area contributed by atoms with Gasteiger partial charge in [-0.15, -0.1) is 10.2 Å². The Bertz CT molecular complexity index is 1340. The van der Waals surface area contributed by atoms with Crippen LogP contribution in [0.4, 0.5) is 14.6 Å². The summed E-state index contributed by atoms with van der Waals surface area (Å²) < 4.78 is 28.9. The molecular formula is C25H27F2N7O2. The standard InChI is InChI=1S/C24H25F2N7.CH2O2/c1-31(15-16-7-8-21(25)28-23(16)26)17-10-13-33(14-11-17)24-19-6-4-3-5-18(19)22(29-30-24)20-9-12-27-32(20)2;2-1-3/h3-9,12,17H,10-11,13-15H2,1-2H3;1H,(H,2,3). The summed E-state index contributed by atoms with van der Waals surface area (Å²) in [5, 5.41) is 23.8. The van der Waals surface area contributed by atoms with Crippen LogP contribution < -0.4 is 14.9 Å². The molecule has 4 aromatic rings. The van der Waals surface area contributed by atoms with E-state index in [-0.39, 0.29) is 0 Å². The topological polar surface area (TPSA) is 104 Å². The Hall–Kier alpha value is -3.99. The SMILES string of the molecule is Cn1nccc1-c1nnc(N2CCC([NH+](C)Cc3ccc(F)nc3F)CC2)c2ccccc12.O=C[O-]. The van der Waals surface area contributed by atoms with Crippen molar-refractivity contribution in [2.75, 3.05) is 25.0 Å². The normalized spacial score (nSPS) is 14.8. The minimum atomic E-state index is -0.787. The van der Waals surface area contributed by atoms with Gasteiger partial charge in [-0.3, -0.25) is 4.68 Å². The number of nitrogens with zero attached hydrogens (tertiary/aromatic N) is 6. The first-order valence-corrected chi connectivity index (χ1v) is 11.6. The highest BCUT2D eigenvalue weighted by molar-refractivity contribution is 5.99. The Morgan fingerprint density at radius 1 is 1.08 bits per heavy atom. The number of quaternary nitrogens is 1. The maximum absolute atomic E-state index is 14.0. The minimum absolute atomic E-state index is 0.374. The molecule has 188 valence electrons. The molecule has 36 heavy (non-hydrogen) atoms. The molecule has 5 rings (SSSR count). The first kappa shape index (κ1) is 25.1. The van der Waals surface area contributed by atoms with E-state index >= 15 is 0 Å². The molecule has 1 aromatic carbocycles. The molecule has 0 saturated carbocycles. The fourth-order valence-corrected chi connectivity index (χ4v) is 4.72. The molecular weight excluding hydrogens is 468 g/mol. The molecule has 11 heteroatoms. The van der Waals surface area contributed by atoms with Crippen LogP contribution in [0.15, 0.2) is 48.7 Å². The smallest absolute Gasteiger partial charge is 0.224 e. The lowest BCUT2D eigenvalue weighted by atomic mass is 10.0. The summed E-state index contributed by atoms with van der Waals surface area (Å²) in [6.07, 6.45) is 3.65. The minimum Gasteiger partial charge on any atom is -0.554 e. The molecule has 9 nitrogen and oxygen atoms in total. The number of pyridine rings is 1. The van der Waals surface area contributed by atoms with Crippen molar-refractivity contribution in [1.29, 1.82) is 0 Å². The number of carboxylic acid groups (broad SMARTS) is 1. The zero-order valence-electron chi connectivity index (χ0n) is 20.1. The summed E-state index contributed by atoms with van der Waals surface area (Å²) >= 11 is 0. The third kappa shape index (κ3) is 5.30. The van der Waals surface area contributed by atoms with Gasteiger partial charge in [-0.1, -0.05) is 24.3 Å². The molecule has 1 N–H and O–H groups in total. The van der Waals surface area contributed by atoms with Crippen LogP contribution in [-0.2, 0) is 18.4 Å². The third-order valence-corrected chi connectivity index (χ3v) is 6.58. The van der Waals surface area contributed by atoms with Crippen molar-refractivity contribution in [1.82, 2.24) is 25.0 Å². The number of nitrogens with one attached hydrogen (secondary N) is 1. The number of benzene rings is 1. The van der Waals surface area contributed by atoms with E-state index in [9.17, 15) is 8.78 Å². The van der Waals surface area contributed by atoms with Crippen LogP contribution in [0.25, 0.3) is 22.2 Å². The van der Waals surface area contributed by atoms with Gasteiger partial charge in [0.15, 0.2) is 5.82 Å². The van der Waals surface area contributed by atoms with Crippen LogP contribution in [0, 0.1) is 11.9 Å². The van der Waals surface area contributed by atoms with Crippen LogP contribution in [0.5, 0.6) is 0 Å². The summed E-state index contributed by atoms with van der Waals surface area (Å²) in [7, 11) is 3.96. The largest absolute Gasteiger partial charge is 0.554 e. The van der Waals surface area contributed by atoms with Crippen molar-refractivity contribution in [2.45, 2.75) is 25.4 Å². The molecule has 1 aliphatic rings. The number of hydrogen-bond acceptors (Lipinski definition) is 7. The fourth-order valence-electron chi connectivity index (χ4n) is 4.72. The van der Waals surface area contributed by atoms with Gasteiger partial charge in [0.25, 0.3) is 0 Å². The number of carbonyl (C=O) groups is 1. The van der Waals surface area contributed by atoms with Gasteiger partial charge in [0, 0.05) is 56.4 Å². The number of hydrogen-bond donors (Lipinski definition) is 1. The number of fused-ring (bicyclic) bond motifs is 1. The maximum atomic E-state index is 14.0. The molecule has 1 fully saturated rings. The van der Waals surface area contributed by atoms with Crippen molar-refractivity contribution in [3.8, 4) is 11.4 Å². The van der Waals surface area contributed by atoms with Gasteiger partial charge in [-0.25, -0.2) is 0 Å². The zero-order chi connectivity index (χ0) is 25.7. The van der Waals surface area contributed by atoms with Crippen molar-refractivity contribution in [2.24, 2.45) is 7.05 Å². The predicted molar refractivity (Wildman–Crippen MR) is 128 cm³/mol. The lowest BCUT2D eigenvalue weighted by Gasteiger charge is -2.35. The Balaban J connectivity index is 0.000000967. The summed E-state index contributed by atoms with van der Waals surface area (Å²) in [6, 6.07) is 13.2. The van der Waals surface area contributed by atoms with E-state index in [4.69, 9.17) is 9.90 Å². The molecule has 0 amide bonds. The van der Waals surface area contributed by atoms with Gasteiger partial charge >= 0.3 is 0 Å². The van der Waals surface area contributed by atoms with Crippen molar-refractivity contribution < 1.29 is 23.6 Å². The number of aromatic nitrogens is 5. The lowest BCUT2D eigenvalue weighted by Crippen LogP contribution is -3.12. The molecule has 1 atom stereocenters. The van der Waals surface area contributed by atoms with Crippen LogP contribution in [0.3, 0.4) is 0 Å². The molecule has 1 saturated heterocycles. The second-order valence-corrected chi connectivity index (χ2v) is 8.72. The zero-order valence-corrected chi connectivity index (χ0v) is 20.1. The van der Waals surface area contributed by atoms with Crippen LogP contribution in [0.2, 0.25) is 0 Å². The number of piperidine rings is 1. The van der Waals surface area contributed by atoms with Crippen LogP contribution in [-0.4, -0.2) is 57.6 Å². The van der Waals surface area contributed by atoms with E-state index in [0.717, 1.165) is 53.9 Å². The van der Waals surface area contributed by atoms with E-state index in [0.29, 0.717) is 18.2 Å². The molecule has 1 aliphatic heterocycles. The molecule has 0 radical (unpaired) electrons. The van der Waals surface area contributed by atoms with Crippen LogP contribution >= 0.6 is 0 Å². The summed E-state index contributed by atoms with van der Waals surface area (Å²) in [5.74, 6) is -0.617. The highest BCUT2D eigenvalue weighted by Crippen LogP contribution is 2.32. The average Bonchev–Trinajstić information content (AvgIpc) is 3.31. The predicted octanol–water partition coefficient (Wildman–Crippen LogP) is 0.753. The quantitative estimate of drug-likeness (QED) is 0.322. The number of aryl methyl sites for hydroxylation is 1. The van der Waals surface area contributed by atoms with E-state index in [1.807, 2.05) is 25.2 Å². The molecule has 4 heterocycles. The number of anilines is 1. The van der Waals surface area contributed by atoms with Crippen molar-refractivity contribution >= 4 is 23.1 Å². The summed E-state index contributed by atoms with van der Waals surface area (Å²) in [6.45, 7) is 1.66. The first-order valence-electron chi connectivity index (χ1n) is 11.6. The van der Waals surface area contributed by atoms with Gasteiger partial charge in [0.1, 0.15) is 12.2 Å². The van der Waals surface area contributed by atoms with Gasteiger partial charge in [-0.2, -0.15) is 18.9 Å². The van der Waals surface area contributed by atoms with E-state index < -0.39 is 18.4 Å². The maximum Gasteiger partial charge on any atom is 0.224 e. The Labute approximate surface area is 207 Å². The molecule has 1 unspecified atom stereocenters. The van der Waals surface area contributed by atoms with E-state index in [2.05, 4.69) is 44.4 Å². The number of halogens is 2. The monoisotopic (exact) mass is 495 g/mol. The molecule has 3 aromatic heterocycles. The second kappa shape index (κ2) is 11.2. The molecule has 0 aliphatic carbocycles. The first-order chi connectivity index (χ1) is 17.4. The Morgan fingerprint density at radius 2 is 1.78 bits per heavy atom. The van der Waals surface area contributed by atoms with Gasteiger partial charge in [0.2, 0.25) is 11.9 Å².